The lowest BCUT2D eigenvalue weighted by Gasteiger charge is -2.02. The number of aliphatic carboxylic acids is 1. The first-order valence-corrected chi connectivity index (χ1v) is 7.39. The number of carboxylic acid groups (broad SMARTS) is 1. The third-order valence-electron chi connectivity index (χ3n) is 2.59. The Morgan fingerprint density at radius 1 is 1.37 bits per heavy atom. The molecule has 0 aliphatic rings. The van der Waals surface area contributed by atoms with Gasteiger partial charge in [-0.25, -0.2) is 4.98 Å². The lowest BCUT2D eigenvalue weighted by molar-refractivity contribution is -0.137. The second kappa shape index (κ2) is 8.63. The number of carbonyl (C=O) groups is 2. The van der Waals surface area contributed by atoms with Crippen molar-refractivity contribution in [3.8, 4) is 0 Å². The van der Waals surface area contributed by atoms with Gasteiger partial charge in [0.05, 0.1) is 11.2 Å². The molecule has 0 saturated carbocycles. The van der Waals surface area contributed by atoms with Gasteiger partial charge in [-0.05, 0) is 25.7 Å². The molecule has 5 nitrogen and oxygen atoms in total. The molecule has 1 amide bonds. The van der Waals surface area contributed by atoms with Crippen LogP contribution in [0, 0.1) is 0 Å². The van der Waals surface area contributed by atoms with Crippen molar-refractivity contribution in [1.29, 1.82) is 0 Å². The Labute approximate surface area is 117 Å². The number of nitrogens with one attached hydrogen (secondary N) is 1. The molecule has 1 heterocycles. The molecule has 1 rings (SSSR count). The van der Waals surface area contributed by atoms with E-state index in [0.29, 0.717) is 17.8 Å². The van der Waals surface area contributed by atoms with Gasteiger partial charge in [0.15, 0.2) is 0 Å². The number of rotatable bonds is 9. The number of nitrogens with zero attached hydrogens (tertiary/aromatic N) is 1. The second-order valence-electron chi connectivity index (χ2n) is 4.33. The Morgan fingerprint density at radius 2 is 2.16 bits per heavy atom. The summed E-state index contributed by atoms with van der Waals surface area (Å²) in [7, 11) is 0. The van der Waals surface area contributed by atoms with Crippen molar-refractivity contribution < 1.29 is 14.7 Å². The number of hydrogen-bond donors (Lipinski definition) is 2. The summed E-state index contributed by atoms with van der Waals surface area (Å²) >= 11 is 1.44. The predicted molar refractivity (Wildman–Crippen MR) is 74.5 cm³/mol. The molecule has 1 aromatic heterocycles. The van der Waals surface area contributed by atoms with Crippen LogP contribution in [0.5, 0.6) is 0 Å². The fourth-order valence-corrected chi connectivity index (χ4v) is 2.55. The van der Waals surface area contributed by atoms with Gasteiger partial charge in [0.25, 0.3) is 5.91 Å². The zero-order chi connectivity index (χ0) is 14.1. The topological polar surface area (TPSA) is 79.3 Å². The van der Waals surface area contributed by atoms with Crippen LogP contribution in [0.4, 0.5) is 0 Å². The fourth-order valence-electron chi connectivity index (χ4n) is 1.61. The quantitative estimate of drug-likeness (QED) is 0.683. The van der Waals surface area contributed by atoms with Gasteiger partial charge < -0.3 is 10.4 Å². The molecule has 0 fully saturated rings. The summed E-state index contributed by atoms with van der Waals surface area (Å²) in [6, 6.07) is 0. The van der Waals surface area contributed by atoms with Crippen molar-refractivity contribution in [2.75, 3.05) is 6.54 Å². The maximum atomic E-state index is 11.8. The molecule has 0 aliphatic heterocycles. The molecule has 2 N–H and O–H groups in total. The lowest BCUT2D eigenvalue weighted by atomic mass is 10.2. The van der Waals surface area contributed by atoms with Crippen molar-refractivity contribution >= 4 is 23.2 Å². The lowest BCUT2D eigenvalue weighted by Crippen LogP contribution is -2.23. The highest BCUT2D eigenvalue weighted by Crippen LogP contribution is 2.14. The largest absolute Gasteiger partial charge is 0.481 e. The van der Waals surface area contributed by atoms with Crippen LogP contribution in [-0.2, 0) is 11.2 Å². The van der Waals surface area contributed by atoms with E-state index in [2.05, 4.69) is 17.2 Å². The fraction of sp³-hybridized carbons (Fsp3) is 0.615. The number of aromatic nitrogens is 1. The van der Waals surface area contributed by atoms with Crippen LogP contribution in [0.1, 0.15) is 53.7 Å². The second-order valence-corrected chi connectivity index (χ2v) is 5.44. The van der Waals surface area contributed by atoms with Crippen molar-refractivity contribution in [1.82, 2.24) is 10.3 Å². The molecule has 0 atom stereocenters. The van der Waals surface area contributed by atoms with Crippen LogP contribution >= 0.6 is 11.3 Å². The zero-order valence-electron chi connectivity index (χ0n) is 11.1. The number of hydrogen-bond acceptors (Lipinski definition) is 4. The Bertz CT molecular complexity index is 418. The van der Waals surface area contributed by atoms with E-state index in [1.165, 1.54) is 11.3 Å². The van der Waals surface area contributed by atoms with Crippen LogP contribution in [-0.4, -0.2) is 28.5 Å². The Kier molecular flexibility index (Phi) is 7.10. The first-order chi connectivity index (χ1) is 9.13. The zero-order valence-corrected chi connectivity index (χ0v) is 12.0. The molecule has 106 valence electrons. The standard InChI is InChI=1S/C13H20N2O3S/c1-2-6-11-15-9-10(19-11)13(18)14-8-5-3-4-7-12(16)17/h9H,2-8H2,1H3,(H,14,18)(H,16,17). The van der Waals surface area contributed by atoms with Gasteiger partial charge in [-0.15, -0.1) is 11.3 Å². The highest BCUT2D eigenvalue weighted by molar-refractivity contribution is 7.13. The van der Waals surface area contributed by atoms with E-state index in [0.717, 1.165) is 30.7 Å². The van der Waals surface area contributed by atoms with Crippen LogP contribution in [0.3, 0.4) is 0 Å². The number of aryl methyl sites for hydroxylation is 1. The van der Waals surface area contributed by atoms with Gasteiger partial charge in [0.1, 0.15) is 4.88 Å². The van der Waals surface area contributed by atoms with Crippen LogP contribution in [0.25, 0.3) is 0 Å². The van der Waals surface area contributed by atoms with Crippen LogP contribution in [0.15, 0.2) is 6.20 Å². The van der Waals surface area contributed by atoms with E-state index in [1.54, 1.807) is 6.20 Å². The van der Waals surface area contributed by atoms with Gasteiger partial charge in [-0.1, -0.05) is 13.3 Å². The number of amides is 1. The highest BCUT2D eigenvalue weighted by Gasteiger charge is 2.09. The highest BCUT2D eigenvalue weighted by atomic mass is 32.1. The van der Waals surface area contributed by atoms with Gasteiger partial charge in [-0.3, -0.25) is 9.59 Å². The molecule has 19 heavy (non-hydrogen) atoms. The molecular weight excluding hydrogens is 264 g/mol. The summed E-state index contributed by atoms with van der Waals surface area (Å²) in [6.45, 7) is 2.66. The normalized spacial score (nSPS) is 10.4. The molecule has 0 aromatic carbocycles. The van der Waals surface area contributed by atoms with Crippen molar-refractivity contribution in [2.24, 2.45) is 0 Å². The number of carboxylic acids is 1. The first-order valence-electron chi connectivity index (χ1n) is 6.58. The maximum Gasteiger partial charge on any atom is 0.303 e. The molecular formula is C13H20N2O3S. The summed E-state index contributed by atoms with van der Waals surface area (Å²) in [5, 5.41) is 12.3. The number of unbranched alkanes of at least 4 members (excludes halogenated alkanes) is 2. The van der Waals surface area contributed by atoms with E-state index in [9.17, 15) is 9.59 Å². The smallest absolute Gasteiger partial charge is 0.303 e. The Morgan fingerprint density at radius 3 is 2.84 bits per heavy atom. The molecule has 0 spiro atoms. The summed E-state index contributed by atoms with van der Waals surface area (Å²) in [5.41, 5.74) is 0. The third kappa shape index (κ3) is 6.33. The van der Waals surface area contributed by atoms with E-state index in [4.69, 9.17) is 5.11 Å². The number of thiazole rings is 1. The SMILES string of the molecule is CCCc1ncc(C(=O)NCCCCCC(=O)O)s1. The molecule has 0 unspecified atom stereocenters. The molecule has 1 aromatic rings. The summed E-state index contributed by atoms with van der Waals surface area (Å²) in [5.74, 6) is -0.852. The van der Waals surface area contributed by atoms with Crippen molar-refractivity contribution in [3.63, 3.8) is 0 Å². The van der Waals surface area contributed by atoms with E-state index in [-0.39, 0.29) is 12.3 Å². The maximum absolute atomic E-state index is 11.8. The van der Waals surface area contributed by atoms with E-state index < -0.39 is 5.97 Å². The molecule has 0 aliphatic carbocycles. The van der Waals surface area contributed by atoms with E-state index >= 15 is 0 Å². The predicted octanol–water partition coefficient (Wildman–Crippen LogP) is 2.47. The van der Waals surface area contributed by atoms with Crippen molar-refractivity contribution in [3.05, 3.63) is 16.1 Å². The average Bonchev–Trinajstić information content (AvgIpc) is 2.82. The van der Waals surface area contributed by atoms with Gasteiger partial charge in [-0.2, -0.15) is 0 Å². The Balaban J connectivity index is 2.18. The minimum Gasteiger partial charge on any atom is -0.481 e. The molecule has 0 bridgehead atoms. The van der Waals surface area contributed by atoms with Gasteiger partial charge in [0, 0.05) is 13.0 Å². The monoisotopic (exact) mass is 284 g/mol. The first kappa shape index (κ1) is 15.6. The Hall–Kier alpha value is -1.43. The molecule has 6 heteroatoms. The van der Waals surface area contributed by atoms with Gasteiger partial charge >= 0.3 is 5.97 Å². The van der Waals surface area contributed by atoms with Crippen LogP contribution in [0.2, 0.25) is 0 Å². The van der Waals surface area contributed by atoms with Crippen LogP contribution < -0.4 is 5.32 Å². The minimum atomic E-state index is -0.767. The average molecular weight is 284 g/mol. The molecule has 0 radical (unpaired) electrons. The van der Waals surface area contributed by atoms with Crippen molar-refractivity contribution in [2.45, 2.75) is 45.4 Å². The molecule has 0 saturated heterocycles. The van der Waals surface area contributed by atoms with E-state index in [1.807, 2.05) is 0 Å². The summed E-state index contributed by atoms with van der Waals surface area (Å²) < 4.78 is 0. The minimum absolute atomic E-state index is 0.0851. The summed E-state index contributed by atoms with van der Waals surface area (Å²) in [6.07, 6.45) is 6.03. The number of carbonyl (C=O) groups excluding carboxylic acids is 1. The van der Waals surface area contributed by atoms with Gasteiger partial charge in [0.2, 0.25) is 0 Å². The summed E-state index contributed by atoms with van der Waals surface area (Å²) in [4.78, 5) is 26.9. The third-order valence-corrected chi connectivity index (χ3v) is 3.65.